The van der Waals surface area contributed by atoms with E-state index in [1.54, 1.807) is 12.3 Å². The van der Waals surface area contributed by atoms with Crippen molar-refractivity contribution < 1.29 is 0 Å². The van der Waals surface area contributed by atoms with E-state index in [9.17, 15) is 0 Å². The molecule has 1 heterocycles. The van der Waals surface area contributed by atoms with Crippen molar-refractivity contribution in [1.29, 1.82) is 5.26 Å². The molecule has 0 unspecified atom stereocenters. The molecular formula is C13H13N5. The smallest absolute Gasteiger partial charge is 0.228 e. The van der Waals surface area contributed by atoms with E-state index in [2.05, 4.69) is 15.3 Å². The predicted molar refractivity (Wildman–Crippen MR) is 70.8 cm³/mol. The number of hydrogen-bond donors (Lipinski definition) is 1. The second-order valence-electron chi connectivity index (χ2n) is 3.95. The zero-order chi connectivity index (χ0) is 13.0. The number of nitriles is 1. The highest BCUT2D eigenvalue weighted by molar-refractivity contribution is 5.61. The van der Waals surface area contributed by atoms with Gasteiger partial charge in [0.2, 0.25) is 5.95 Å². The van der Waals surface area contributed by atoms with Gasteiger partial charge in [-0.1, -0.05) is 6.07 Å². The molecular weight excluding hydrogens is 226 g/mol. The van der Waals surface area contributed by atoms with Crippen molar-refractivity contribution in [2.45, 2.75) is 0 Å². The summed E-state index contributed by atoms with van der Waals surface area (Å²) in [6.45, 7) is 0. The number of hydrogen-bond acceptors (Lipinski definition) is 5. The van der Waals surface area contributed by atoms with Gasteiger partial charge in [-0.05, 0) is 24.3 Å². The first kappa shape index (κ1) is 11.9. The summed E-state index contributed by atoms with van der Waals surface area (Å²) in [6.07, 6.45) is 1.56. The van der Waals surface area contributed by atoms with Crippen molar-refractivity contribution in [3.63, 3.8) is 0 Å². The maximum atomic E-state index is 8.77. The van der Waals surface area contributed by atoms with Gasteiger partial charge in [0.1, 0.15) is 11.8 Å². The molecule has 0 radical (unpaired) electrons. The van der Waals surface area contributed by atoms with Crippen LogP contribution >= 0.6 is 0 Å². The normalized spacial score (nSPS) is 9.61. The molecule has 18 heavy (non-hydrogen) atoms. The molecule has 90 valence electrons. The summed E-state index contributed by atoms with van der Waals surface area (Å²) < 4.78 is 0. The molecule has 5 heteroatoms. The highest BCUT2D eigenvalue weighted by Crippen LogP contribution is 2.19. The second kappa shape index (κ2) is 5.15. The Morgan fingerprint density at radius 1 is 1.28 bits per heavy atom. The molecule has 0 bridgehead atoms. The van der Waals surface area contributed by atoms with E-state index in [4.69, 9.17) is 5.26 Å². The third kappa shape index (κ3) is 2.74. The zero-order valence-corrected chi connectivity index (χ0v) is 10.3. The van der Waals surface area contributed by atoms with E-state index in [1.165, 1.54) is 0 Å². The number of rotatable bonds is 3. The molecule has 0 aliphatic rings. The minimum absolute atomic E-state index is 0.344. The lowest BCUT2D eigenvalue weighted by Crippen LogP contribution is -2.08. The van der Waals surface area contributed by atoms with Gasteiger partial charge in [0, 0.05) is 31.7 Å². The van der Waals surface area contributed by atoms with Crippen LogP contribution in [-0.4, -0.2) is 24.1 Å². The molecule has 0 amide bonds. The minimum atomic E-state index is 0.344. The van der Waals surface area contributed by atoms with Gasteiger partial charge in [0.25, 0.3) is 0 Å². The summed E-state index contributed by atoms with van der Waals surface area (Å²) in [4.78, 5) is 10.1. The van der Waals surface area contributed by atoms with E-state index in [1.807, 2.05) is 49.3 Å². The van der Waals surface area contributed by atoms with Gasteiger partial charge in [-0.3, -0.25) is 0 Å². The van der Waals surface area contributed by atoms with Gasteiger partial charge in [-0.2, -0.15) is 5.26 Å². The Balaban J connectivity index is 2.23. The van der Waals surface area contributed by atoms with E-state index in [0.717, 1.165) is 11.4 Å². The van der Waals surface area contributed by atoms with Crippen LogP contribution in [0.4, 0.5) is 17.3 Å². The van der Waals surface area contributed by atoms with Gasteiger partial charge in [-0.15, -0.1) is 0 Å². The molecule has 0 saturated heterocycles. The van der Waals surface area contributed by atoms with Gasteiger partial charge in [-0.25, -0.2) is 9.97 Å². The molecule has 0 spiro atoms. The average molecular weight is 239 g/mol. The predicted octanol–water partition coefficient (Wildman–Crippen LogP) is 2.16. The largest absolute Gasteiger partial charge is 0.378 e. The summed E-state index contributed by atoms with van der Waals surface area (Å²) >= 11 is 0. The molecule has 0 saturated carbocycles. The second-order valence-corrected chi connectivity index (χ2v) is 3.95. The summed E-state index contributed by atoms with van der Waals surface area (Å²) in [6, 6.07) is 11.4. The van der Waals surface area contributed by atoms with Crippen LogP contribution in [-0.2, 0) is 0 Å². The third-order valence-electron chi connectivity index (χ3n) is 2.39. The van der Waals surface area contributed by atoms with Crippen LogP contribution in [0.1, 0.15) is 5.69 Å². The van der Waals surface area contributed by atoms with Crippen molar-refractivity contribution in [3.8, 4) is 6.07 Å². The van der Waals surface area contributed by atoms with Crippen LogP contribution in [0.2, 0.25) is 0 Å². The Morgan fingerprint density at radius 2 is 2.11 bits per heavy atom. The first-order chi connectivity index (χ1) is 8.69. The van der Waals surface area contributed by atoms with Crippen molar-refractivity contribution in [2.24, 2.45) is 0 Å². The molecule has 2 rings (SSSR count). The van der Waals surface area contributed by atoms with Crippen molar-refractivity contribution >= 4 is 17.3 Å². The third-order valence-corrected chi connectivity index (χ3v) is 2.39. The van der Waals surface area contributed by atoms with E-state index in [0.29, 0.717) is 11.6 Å². The first-order valence-electron chi connectivity index (χ1n) is 5.46. The first-order valence-corrected chi connectivity index (χ1v) is 5.46. The summed E-state index contributed by atoms with van der Waals surface area (Å²) in [5.74, 6) is 0.421. The topological polar surface area (TPSA) is 64.8 Å². The lowest BCUT2D eigenvalue weighted by molar-refractivity contribution is 1.12. The maximum Gasteiger partial charge on any atom is 0.228 e. The Hall–Kier alpha value is -2.61. The Kier molecular flexibility index (Phi) is 3.39. The molecule has 2 aromatic rings. The molecule has 5 nitrogen and oxygen atoms in total. The monoisotopic (exact) mass is 239 g/mol. The van der Waals surface area contributed by atoms with E-state index in [-0.39, 0.29) is 0 Å². The van der Waals surface area contributed by atoms with Crippen LogP contribution in [0.5, 0.6) is 0 Å². The Bertz CT molecular complexity index is 586. The molecule has 1 aromatic heterocycles. The lowest BCUT2D eigenvalue weighted by atomic mass is 10.2. The van der Waals surface area contributed by atoms with Crippen LogP contribution in [0, 0.1) is 11.3 Å². The Labute approximate surface area is 106 Å². The SMILES string of the molecule is CN(C)c1cccc(Nc2nccc(C#N)n2)c1. The van der Waals surface area contributed by atoms with Gasteiger partial charge < -0.3 is 10.2 Å². The van der Waals surface area contributed by atoms with E-state index < -0.39 is 0 Å². The van der Waals surface area contributed by atoms with E-state index >= 15 is 0 Å². The standard InChI is InChI=1S/C13H13N5/c1-18(2)12-5-3-4-10(8-12)16-13-15-7-6-11(9-14)17-13/h3-8H,1-2H3,(H,15,16,17). The van der Waals surface area contributed by atoms with Crippen LogP contribution in [0.3, 0.4) is 0 Å². The van der Waals surface area contributed by atoms with Gasteiger partial charge >= 0.3 is 0 Å². The average Bonchev–Trinajstić information content (AvgIpc) is 2.39. The number of benzene rings is 1. The number of anilines is 3. The van der Waals surface area contributed by atoms with Gasteiger partial charge in [0.15, 0.2) is 0 Å². The Morgan fingerprint density at radius 3 is 2.83 bits per heavy atom. The summed E-state index contributed by atoms with van der Waals surface area (Å²) in [5, 5.41) is 11.8. The lowest BCUT2D eigenvalue weighted by Gasteiger charge is -2.13. The minimum Gasteiger partial charge on any atom is -0.378 e. The molecule has 0 aliphatic heterocycles. The van der Waals surface area contributed by atoms with Crippen LogP contribution < -0.4 is 10.2 Å². The van der Waals surface area contributed by atoms with Crippen molar-refractivity contribution in [1.82, 2.24) is 9.97 Å². The molecule has 1 N–H and O–H groups in total. The molecule has 1 aromatic carbocycles. The number of aromatic nitrogens is 2. The van der Waals surface area contributed by atoms with Crippen LogP contribution in [0.25, 0.3) is 0 Å². The molecule has 0 fully saturated rings. The zero-order valence-electron chi connectivity index (χ0n) is 10.3. The molecule has 0 atom stereocenters. The fourth-order valence-corrected chi connectivity index (χ4v) is 1.47. The fourth-order valence-electron chi connectivity index (χ4n) is 1.47. The van der Waals surface area contributed by atoms with Crippen LogP contribution in [0.15, 0.2) is 36.5 Å². The van der Waals surface area contributed by atoms with Crippen molar-refractivity contribution in [2.75, 3.05) is 24.3 Å². The highest BCUT2D eigenvalue weighted by Gasteiger charge is 2.01. The quantitative estimate of drug-likeness (QED) is 0.889. The van der Waals surface area contributed by atoms with Crippen molar-refractivity contribution in [3.05, 3.63) is 42.2 Å². The number of nitrogens with one attached hydrogen (secondary N) is 1. The van der Waals surface area contributed by atoms with Gasteiger partial charge in [0.05, 0.1) is 0 Å². The maximum absolute atomic E-state index is 8.77. The molecule has 0 aliphatic carbocycles. The number of nitrogens with zero attached hydrogens (tertiary/aromatic N) is 4. The summed E-state index contributed by atoms with van der Waals surface area (Å²) in [7, 11) is 3.96. The highest BCUT2D eigenvalue weighted by atomic mass is 15.1. The summed E-state index contributed by atoms with van der Waals surface area (Å²) in [5.41, 5.74) is 2.31. The fraction of sp³-hybridized carbons (Fsp3) is 0.154.